The van der Waals surface area contributed by atoms with Crippen molar-refractivity contribution in [3.8, 4) is 0 Å². The standard InChI is InChI=1S/CH5B3O2/c5-1-2-3-4-6/h1-4,6H. The lowest BCUT2D eigenvalue weighted by Gasteiger charge is -1.69. The average Bonchev–Trinajstić information content (AvgIpc) is 1.61. The van der Waals surface area contributed by atoms with Crippen molar-refractivity contribution < 1.29 is 9.82 Å². The lowest BCUT2D eigenvalue weighted by molar-refractivity contribution is 0.569. The van der Waals surface area contributed by atoms with Crippen LogP contribution in [0.15, 0.2) is 0 Å². The Labute approximate surface area is 38.7 Å². The zero-order chi connectivity index (χ0) is 4.83. The van der Waals surface area contributed by atoms with Crippen LogP contribution in [-0.2, 0) is 4.79 Å². The molecule has 0 amide bonds. The van der Waals surface area contributed by atoms with E-state index < -0.39 is 0 Å². The molecule has 30 valence electrons. The van der Waals surface area contributed by atoms with Crippen molar-refractivity contribution in [3.05, 3.63) is 0 Å². The summed E-state index contributed by atoms with van der Waals surface area (Å²) in [4.78, 5) is 9.45. The third-order valence-corrected chi connectivity index (χ3v) is 0.480. The molecule has 6 heavy (non-hydrogen) atoms. The van der Waals surface area contributed by atoms with Crippen LogP contribution in [0.5, 0.6) is 0 Å². The summed E-state index contributed by atoms with van der Waals surface area (Å²) in [7, 11) is 1.21. The van der Waals surface area contributed by atoms with Crippen molar-refractivity contribution >= 4 is 27.8 Å². The largest absolute Gasteiger partial charge is 0.464 e. The van der Waals surface area contributed by atoms with Gasteiger partial charge in [-0.3, -0.25) is 0 Å². The zero-order valence-corrected chi connectivity index (χ0v) is 3.55. The number of hydrogen-bond acceptors (Lipinski definition) is 2. The minimum Gasteiger partial charge on any atom is -0.464 e. The Morgan fingerprint density at radius 3 is 2.50 bits per heavy atom. The van der Waals surface area contributed by atoms with Gasteiger partial charge in [0, 0.05) is 0 Å². The number of rotatable bonds is 3. The first-order chi connectivity index (χ1) is 2.91. The fourth-order valence-electron chi connectivity index (χ4n) is 0.175. The number of hydrogen-bond donors (Lipinski definition) is 1. The van der Waals surface area contributed by atoms with E-state index in [2.05, 4.69) is 0 Å². The molecule has 0 saturated carbocycles. The van der Waals surface area contributed by atoms with Crippen LogP contribution >= 0.6 is 0 Å². The molecule has 0 heterocycles. The van der Waals surface area contributed by atoms with Crippen LogP contribution in [0, 0.1) is 0 Å². The first-order valence-electron chi connectivity index (χ1n) is 1.96. The maximum atomic E-state index is 9.45. The molecule has 0 aromatic carbocycles. The summed E-state index contributed by atoms with van der Waals surface area (Å²) in [6, 6.07) is 0. The van der Waals surface area contributed by atoms with Crippen molar-refractivity contribution in [2.45, 2.75) is 0 Å². The highest BCUT2D eigenvalue weighted by Crippen LogP contribution is 1.41. The monoisotopic (exact) mass is 82.1 g/mol. The predicted octanol–water partition coefficient (Wildman–Crippen LogP) is -2.78. The molecule has 0 atom stereocenters. The van der Waals surface area contributed by atoms with Crippen molar-refractivity contribution in [2.24, 2.45) is 0 Å². The summed E-state index contributed by atoms with van der Waals surface area (Å²) in [6.07, 6.45) is 0.802. The third-order valence-electron chi connectivity index (χ3n) is 0.480. The highest BCUT2D eigenvalue weighted by Gasteiger charge is 1.87. The van der Waals surface area contributed by atoms with Crippen LogP contribution in [0.4, 0.5) is 0 Å². The Kier molecular flexibility index (Phi) is 4.68. The minimum atomic E-state index is 0.124. The van der Waals surface area contributed by atoms with E-state index >= 15 is 0 Å². The van der Waals surface area contributed by atoms with Gasteiger partial charge in [-0.05, 0) is 0 Å². The van der Waals surface area contributed by atoms with E-state index in [1.165, 1.54) is 0 Å². The molecule has 0 aliphatic carbocycles. The van der Waals surface area contributed by atoms with Crippen molar-refractivity contribution in [2.75, 3.05) is 0 Å². The van der Waals surface area contributed by atoms with E-state index in [1.807, 2.05) is 0 Å². The molecule has 0 bridgehead atoms. The first kappa shape index (κ1) is 5.82. The third kappa shape index (κ3) is 3.82. The first-order valence-corrected chi connectivity index (χ1v) is 1.96. The van der Waals surface area contributed by atoms with Gasteiger partial charge in [-0.25, -0.2) is 0 Å². The van der Waals surface area contributed by atoms with Crippen LogP contribution < -0.4 is 0 Å². The second kappa shape index (κ2) is 4.82. The van der Waals surface area contributed by atoms with Gasteiger partial charge in [0.1, 0.15) is 7.06 Å². The van der Waals surface area contributed by atoms with Gasteiger partial charge < -0.3 is 9.82 Å². The van der Waals surface area contributed by atoms with Crippen molar-refractivity contribution in [1.29, 1.82) is 0 Å². The summed E-state index contributed by atoms with van der Waals surface area (Å²) >= 11 is 0. The molecule has 0 spiro atoms. The molecule has 0 aromatic rings. The maximum absolute atomic E-state index is 9.45. The molecule has 0 rings (SSSR count). The molecular formula is CH5B3O2. The van der Waals surface area contributed by atoms with Crippen molar-refractivity contribution in [3.63, 3.8) is 0 Å². The quantitative estimate of drug-likeness (QED) is 0.227. The predicted molar refractivity (Wildman–Crippen MR) is 30.4 cm³/mol. The molecule has 0 aromatic heterocycles. The second-order valence-electron chi connectivity index (χ2n) is 1.03. The van der Waals surface area contributed by atoms with E-state index in [0.717, 1.165) is 6.19 Å². The summed E-state index contributed by atoms with van der Waals surface area (Å²) < 4.78 is 0. The Hall–Kier alpha value is -0.175. The Bertz CT molecular complexity index is 37.8. The lowest BCUT2D eigenvalue weighted by Crippen LogP contribution is -2.12. The topological polar surface area (TPSA) is 37.3 Å². The highest BCUT2D eigenvalue weighted by atomic mass is 16.2. The lowest BCUT2D eigenvalue weighted by atomic mass is 9.26. The van der Waals surface area contributed by atoms with Gasteiger partial charge in [-0.1, -0.05) is 0 Å². The van der Waals surface area contributed by atoms with E-state index in [0.29, 0.717) is 14.2 Å². The van der Waals surface area contributed by atoms with Crippen LogP contribution in [0.2, 0.25) is 0 Å². The maximum Gasteiger partial charge on any atom is 0.222 e. The molecule has 0 aliphatic heterocycles. The summed E-state index contributed by atoms with van der Waals surface area (Å²) in [5.41, 5.74) is 0. The highest BCUT2D eigenvalue weighted by molar-refractivity contribution is 7.34. The fraction of sp³-hybridized carbons (Fsp3) is 0. The Balaban J connectivity index is 2.49. The number of carbonyl (C=O) groups excluding carboxylic acids is 1. The summed E-state index contributed by atoms with van der Waals surface area (Å²) in [5.74, 6) is 0. The zero-order valence-electron chi connectivity index (χ0n) is 3.55. The number of carbonyl (C=O) groups is 1. The van der Waals surface area contributed by atoms with Crippen molar-refractivity contribution in [1.82, 2.24) is 0 Å². The van der Waals surface area contributed by atoms with Gasteiger partial charge >= 0.3 is 0 Å². The van der Waals surface area contributed by atoms with Gasteiger partial charge in [0.05, 0.1) is 6.19 Å². The molecule has 0 saturated heterocycles. The second-order valence-corrected chi connectivity index (χ2v) is 1.03. The molecule has 2 nitrogen and oxygen atoms in total. The van der Waals surface area contributed by atoms with Crippen LogP contribution in [-0.4, -0.2) is 32.8 Å². The Morgan fingerprint density at radius 1 is 1.67 bits per heavy atom. The fourth-order valence-corrected chi connectivity index (χ4v) is 0.175. The summed E-state index contributed by atoms with van der Waals surface area (Å²) in [6.45, 7) is 0. The molecule has 0 fully saturated rings. The SMILES string of the molecule is O=CBBBO. The van der Waals surface area contributed by atoms with Gasteiger partial charge in [0.15, 0.2) is 7.17 Å². The molecular weight excluding hydrogens is 76.4 g/mol. The average molecular weight is 81.5 g/mol. The minimum absolute atomic E-state index is 0.124. The summed E-state index contributed by atoms with van der Waals surface area (Å²) in [5, 5.41) is 8.04. The molecule has 0 unspecified atom stereocenters. The van der Waals surface area contributed by atoms with Crippen LogP contribution in [0.1, 0.15) is 0 Å². The van der Waals surface area contributed by atoms with Gasteiger partial charge in [-0.2, -0.15) is 0 Å². The smallest absolute Gasteiger partial charge is 0.222 e. The molecule has 5 heteroatoms. The van der Waals surface area contributed by atoms with E-state index in [-0.39, 0.29) is 7.37 Å². The molecule has 0 aliphatic rings. The van der Waals surface area contributed by atoms with Gasteiger partial charge in [-0.15, -0.1) is 0 Å². The molecule has 1 N–H and O–H groups in total. The Morgan fingerprint density at radius 2 is 2.33 bits per heavy atom. The van der Waals surface area contributed by atoms with E-state index in [4.69, 9.17) is 5.02 Å². The van der Waals surface area contributed by atoms with Crippen LogP contribution in [0.25, 0.3) is 0 Å². The normalized spacial score (nSPS) is 6.17. The van der Waals surface area contributed by atoms with Gasteiger partial charge in [0.25, 0.3) is 0 Å². The van der Waals surface area contributed by atoms with Crippen LogP contribution in [0.3, 0.4) is 0 Å². The van der Waals surface area contributed by atoms with E-state index in [9.17, 15) is 4.79 Å². The van der Waals surface area contributed by atoms with E-state index in [1.54, 1.807) is 0 Å². The molecule has 0 radical (unpaired) electrons. The van der Waals surface area contributed by atoms with Gasteiger partial charge in [0.2, 0.25) is 7.37 Å².